The van der Waals surface area contributed by atoms with Gasteiger partial charge in [0.2, 0.25) is 5.78 Å². The fourth-order valence-electron chi connectivity index (χ4n) is 2.25. The van der Waals surface area contributed by atoms with Crippen molar-refractivity contribution < 1.29 is 4.79 Å². The predicted molar refractivity (Wildman–Crippen MR) is 76.9 cm³/mol. The Kier molecular flexibility index (Phi) is 2.67. The Hall–Kier alpha value is -1.67. The molecule has 0 aromatic heterocycles. The zero-order chi connectivity index (χ0) is 12.7. The Morgan fingerprint density at radius 1 is 0.889 bits per heavy atom. The van der Waals surface area contributed by atoms with E-state index in [4.69, 9.17) is 0 Å². The number of ketones is 1. The highest BCUT2D eigenvalue weighted by Gasteiger charge is 2.28. The van der Waals surface area contributed by atoms with Crippen LogP contribution in [0.15, 0.2) is 53.0 Å². The SMILES string of the molecule is Cc1ccc(C2=C(Br)C(=O)c3ccccc32)cc1. The summed E-state index contributed by atoms with van der Waals surface area (Å²) in [7, 11) is 0. The molecular formula is C16H11BrO. The number of halogens is 1. The largest absolute Gasteiger partial charge is 0.288 e. The Labute approximate surface area is 114 Å². The van der Waals surface area contributed by atoms with Crippen LogP contribution in [-0.4, -0.2) is 5.78 Å². The van der Waals surface area contributed by atoms with Gasteiger partial charge in [0.1, 0.15) is 0 Å². The maximum atomic E-state index is 12.1. The number of allylic oxidation sites excluding steroid dienone is 1. The first kappa shape index (κ1) is 11.4. The van der Waals surface area contributed by atoms with Crippen molar-refractivity contribution in [1.29, 1.82) is 0 Å². The number of carbonyl (C=O) groups is 1. The van der Waals surface area contributed by atoms with E-state index in [1.54, 1.807) is 0 Å². The first-order valence-electron chi connectivity index (χ1n) is 5.79. The maximum Gasteiger partial charge on any atom is 0.201 e. The van der Waals surface area contributed by atoms with Crippen molar-refractivity contribution in [2.24, 2.45) is 0 Å². The Morgan fingerprint density at radius 2 is 1.50 bits per heavy atom. The monoisotopic (exact) mass is 298 g/mol. The van der Waals surface area contributed by atoms with E-state index < -0.39 is 0 Å². The molecule has 2 heteroatoms. The van der Waals surface area contributed by atoms with Gasteiger partial charge in [-0.3, -0.25) is 4.79 Å². The van der Waals surface area contributed by atoms with Gasteiger partial charge in [0.25, 0.3) is 0 Å². The summed E-state index contributed by atoms with van der Waals surface area (Å²) >= 11 is 3.44. The molecule has 0 radical (unpaired) electrons. The average molecular weight is 299 g/mol. The van der Waals surface area contributed by atoms with Crippen LogP contribution in [0.25, 0.3) is 5.57 Å². The van der Waals surface area contributed by atoms with E-state index in [1.807, 2.05) is 24.3 Å². The topological polar surface area (TPSA) is 17.1 Å². The minimum absolute atomic E-state index is 0.0705. The molecule has 0 atom stereocenters. The highest BCUT2D eigenvalue weighted by atomic mass is 79.9. The summed E-state index contributed by atoms with van der Waals surface area (Å²) in [5.41, 5.74) is 5.08. The average Bonchev–Trinajstić information content (AvgIpc) is 2.64. The van der Waals surface area contributed by atoms with Gasteiger partial charge >= 0.3 is 0 Å². The number of benzene rings is 2. The lowest BCUT2D eigenvalue weighted by Crippen LogP contribution is -1.92. The van der Waals surface area contributed by atoms with Crippen LogP contribution in [0.1, 0.15) is 27.0 Å². The third-order valence-corrected chi connectivity index (χ3v) is 3.96. The number of Topliss-reactive ketones (excluding diaryl/α,β-unsaturated/α-hetero) is 1. The van der Waals surface area contributed by atoms with Crippen LogP contribution >= 0.6 is 15.9 Å². The second-order valence-electron chi connectivity index (χ2n) is 4.43. The number of hydrogen-bond donors (Lipinski definition) is 0. The first-order chi connectivity index (χ1) is 8.68. The molecule has 88 valence electrons. The van der Waals surface area contributed by atoms with Crippen molar-refractivity contribution in [2.45, 2.75) is 6.92 Å². The number of carbonyl (C=O) groups excluding carboxylic acids is 1. The van der Waals surface area contributed by atoms with Gasteiger partial charge in [-0.1, -0.05) is 54.1 Å². The quantitative estimate of drug-likeness (QED) is 0.765. The van der Waals surface area contributed by atoms with Crippen LogP contribution in [0.4, 0.5) is 0 Å². The number of aryl methyl sites for hydroxylation is 1. The lowest BCUT2D eigenvalue weighted by Gasteiger charge is -2.06. The molecule has 1 aliphatic carbocycles. The lowest BCUT2D eigenvalue weighted by atomic mass is 9.98. The first-order valence-corrected chi connectivity index (χ1v) is 6.58. The summed E-state index contributed by atoms with van der Waals surface area (Å²) in [6.45, 7) is 2.06. The van der Waals surface area contributed by atoms with Gasteiger partial charge in [0.15, 0.2) is 0 Å². The molecule has 3 rings (SSSR count). The third kappa shape index (κ3) is 1.65. The van der Waals surface area contributed by atoms with Gasteiger partial charge in [0, 0.05) is 11.1 Å². The molecule has 0 saturated carbocycles. The number of rotatable bonds is 1. The summed E-state index contributed by atoms with van der Waals surface area (Å²) in [5, 5.41) is 0. The van der Waals surface area contributed by atoms with Gasteiger partial charge in [-0.25, -0.2) is 0 Å². The molecule has 0 fully saturated rings. The fourth-order valence-corrected chi connectivity index (χ4v) is 2.91. The molecule has 0 unspecified atom stereocenters. The molecular weight excluding hydrogens is 288 g/mol. The van der Waals surface area contributed by atoms with Gasteiger partial charge < -0.3 is 0 Å². The molecule has 18 heavy (non-hydrogen) atoms. The second kappa shape index (κ2) is 4.21. The van der Waals surface area contributed by atoms with Crippen molar-refractivity contribution in [3.63, 3.8) is 0 Å². The van der Waals surface area contributed by atoms with Crippen molar-refractivity contribution in [3.05, 3.63) is 75.3 Å². The Morgan fingerprint density at radius 3 is 2.17 bits per heavy atom. The highest BCUT2D eigenvalue weighted by molar-refractivity contribution is 9.12. The van der Waals surface area contributed by atoms with Gasteiger partial charge in [-0.15, -0.1) is 0 Å². The van der Waals surface area contributed by atoms with Gasteiger partial charge in [-0.05, 0) is 34.0 Å². The van der Waals surface area contributed by atoms with Crippen molar-refractivity contribution in [2.75, 3.05) is 0 Å². The predicted octanol–water partition coefficient (Wildman–Crippen LogP) is 4.35. The van der Waals surface area contributed by atoms with Gasteiger partial charge in [-0.2, -0.15) is 0 Å². The maximum absolute atomic E-state index is 12.1. The number of hydrogen-bond acceptors (Lipinski definition) is 1. The van der Waals surface area contributed by atoms with Crippen molar-refractivity contribution >= 4 is 27.3 Å². The van der Waals surface area contributed by atoms with Crippen LogP contribution in [0.5, 0.6) is 0 Å². The minimum atomic E-state index is 0.0705. The van der Waals surface area contributed by atoms with E-state index in [2.05, 4.69) is 47.1 Å². The normalized spacial score (nSPS) is 14.0. The van der Waals surface area contributed by atoms with E-state index in [0.29, 0.717) is 4.48 Å². The van der Waals surface area contributed by atoms with Crippen LogP contribution in [-0.2, 0) is 0 Å². The van der Waals surface area contributed by atoms with E-state index in [1.165, 1.54) is 5.56 Å². The zero-order valence-corrected chi connectivity index (χ0v) is 11.5. The van der Waals surface area contributed by atoms with Crippen molar-refractivity contribution in [1.82, 2.24) is 0 Å². The van der Waals surface area contributed by atoms with Crippen LogP contribution < -0.4 is 0 Å². The lowest BCUT2D eigenvalue weighted by molar-refractivity contribution is 0.104. The van der Waals surface area contributed by atoms with E-state index in [0.717, 1.165) is 22.3 Å². The summed E-state index contributed by atoms with van der Waals surface area (Å²) in [6, 6.07) is 16.0. The van der Waals surface area contributed by atoms with Crippen LogP contribution in [0.2, 0.25) is 0 Å². The molecule has 1 nitrogen and oxygen atoms in total. The summed E-state index contributed by atoms with van der Waals surface area (Å²) in [6.07, 6.45) is 0. The summed E-state index contributed by atoms with van der Waals surface area (Å²) in [5.74, 6) is 0.0705. The van der Waals surface area contributed by atoms with E-state index in [-0.39, 0.29) is 5.78 Å². The van der Waals surface area contributed by atoms with Gasteiger partial charge in [0.05, 0.1) is 4.48 Å². The molecule has 0 spiro atoms. The molecule has 0 N–H and O–H groups in total. The molecule has 1 aliphatic rings. The second-order valence-corrected chi connectivity index (χ2v) is 5.22. The summed E-state index contributed by atoms with van der Waals surface area (Å²) < 4.78 is 0.660. The molecule has 2 aromatic rings. The fraction of sp³-hybridized carbons (Fsp3) is 0.0625. The Bertz CT molecular complexity index is 666. The standard InChI is InChI=1S/C16H11BrO/c1-10-6-8-11(9-7-10)14-12-4-2-3-5-13(12)16(18)15(14)17/h2-9H,1H3. The van der Waals surface area contributed by atoms with E-state index >= 15 is 0 Å². The minimum Gasteiger partial charge on any atom is -0.288 e. The molecule has 0 saturated heterocycles. The Balaban J connectivity index is 2.23. The van der Waals surface area contributed by atoms with Crippen LogP contribution in [0, 0.1) is 6.92 Å². The molecule has 0 aliphatic heterocycles. The molecule has 0 amide bonds. The third-order valence-electron chi connectivity index (χ3n) is 3.20. The van der Waals surface area contributed by atoms with Crippen LogP contribution in [0.3, 0.4) is 0 Å². The smallest absolute Gasteiger partial charge is 0.201 e. The van der Waals surface area contributed by atoms with Crippen molar-refractivity contribution in [3.8, 4) is 0 Å². The number of fused-ring (bicyclic) bond motifs is 1. The summed E-state index contributed by atoms with van der Waals surface area (Å²) in [4.78, 5) is 12.1. The molecule has 0 bridgehead atoms. The zero-order valence-electron chi connectivity index (χ0n) is 9.91. The van der Waals surface area contributed by atoms with E-state index in [9.17, 15) is 4.79 Å². The highest BCUT2D eigenvalue weighted by Crippen LogP contribution is 2.39. The molecule has 0 heterocycles. The molecule has 2 aromatic carbocycles.